The van der Waals surface area contributed by atoms with Crippen molar-refractivity contribution in [1.82, 2.24) is 0 Å². The van der Waals surface area contributed by atoms with Gasteiger partial charge in [-0.25, -0.2) is 0 Å². The summed E-state index contributed by atoms with van der Waals surface area (Å²) in [6.45, 7) is 8.69. The molecule has 0 heterocycles. The second kappa shape index (κ2) is 12.0. The molecule has 144 valence electrons. The van der Waals surface area contributed by atoms with Gasteiger partial charge in [-0.2, -0.15) is 12.5 Å². The molecule has 4 rings (SSSR count). The van der Waals surface area contributed by atoms with Crippen molar-refractivity contribution >= 4 is 46.8 Å². The van der Waals surface area contributed by atoms with Crippen LogP contribution in [0.5, 0.6) is 0 Å². The van der Waals surface area contributed by atoms with Crippen LogP contribution >= 0.6 is 24.8 Å². The predicted octanol–water partition coefficient (Wildman–Crippen LogP) is 8.36. The molecule has 3 aromatic carbocycles. The van der Waals surface area contributed by atoms with Crippen LogP contribution in [-0.2, 0) is 21.7 Å². The van der Waals surface area contributed by atoms with Crippen molar-refractivity contribution in [2.75, 3.05) is 0 Å². The molecule has 0 saturated heterocycles. The molecule has 0 spiro atoms. The maximum absolute atomic E-state index is 7.00. The molecular formula is C24H25Cl2NTi. The van der Waals surface area contributed by atoms with Crippen LogP contribution in [0, 0.1) is 6.92 Å². The average Bonchev–Trinajstić information content (AvgIpc) is 2.96. The third-order valence-electron chi connectivity index (χ3n) is 4.80. The standard InChI is InChI=1S/C18H17.C6H6N.2ClH.Ti/c1-12-8-10-17(13(12)2)18-11-9-15-6-4-5-7-16(15)14(18)3;7-6-4-2-1-3-5-6;;;/h4-9,11H,3,10H2,1-2H3;1-5,7H;2*1H;/q2*-1;;;+2. The van der Waals surface area contributed by atoms with Gasteiger partial charge >= 0.3 is 21.7 Å². The summed E-state index contributed by atoms with van der Waals surface area (Å²) in [6.07, 6.45) is 3.35. The van der Waals surface area contributed by atoms with Crippen LogP contribution in [0.15, 0.2) is 84.0 Å². The van der Waals surface area contributed by atoms with Crippen molar-refractivity contribution in [1.29, 1.82) is 0 Å². The summed E-state index contributed by atoms with van der Waals surface area (Å²) < 4.78 is 0. The topological polar surface area (TPSA) is 23.8 Å². The van der Waals surface area contributed by atoms with E-state index in [2.05, 4.69) is 63.2 Å². The molecule has 0 aromatic heterocycles. The molecule has 28 heavy (non-hydrogen) atoms. The van der Waals surface area contributed by atoms with Crippen molar-refractivity contribution in [3.05, 3.63) is 108 Å². The zero-order valence-corrected chi connectivity index (χ0v) is 19.4. The van der Waals surface area contributed by atoms with Gasteiger partial charge < -0.3 is 5.73 Å². The third-order valence-corrected chi connectivity index (χ3v) is 4.80. The second-order valence-electron chi connectivity index (χ2n) is 6.37. The summed E-state index contributed by atoms with van der Waals surface area (Å²) in [5.74, 6) is 0. The van der Waals surface area contributed by atoms with Crippen LogP contribution in [0.3, 0.4) is 0 Å². The van der Waals surface area contributed by atoms with Gasteiger partial charge in [0.2, 0.25) is 0 Å². The number of hydrogen-bond acceptors (Lipinski definition) is 0. The van der Waals surface area contributed by atoms with Crippen molar-refractivity contribution in [2.45, 2.75) is 20.3 Å². The summed E-state index contributed by atoms with van der Waals surface area (Å²) >= 11 is 0. The Morgan fingerprint density at radius 3 is 1.96 bits per heavy atom. The molecule has 4 heteroatoms. The van der Waals surface area contributed by atoms with Crippen LogP contribution in [0.1, 0.15) is 31.4 Å². The van der Waals surface area contributed by atoms with E-state index in [9.17, 15) is 0 Å². The minimum Gasteiger partial charge on any atom is -0.699 e. The number of nitrogens with one attached hydrogen (secondary N) is 1. The van der Waals surface area contributed by atoms with Crippen LogP contribution in [0.2, 0.25) is 0 Å². The van der Waals surface area contributed by atoms with Gasteiger partial charge in [0.05, 0.1) is 0 Å². The molecule has 0 amide bonds. The minimum atomic E-state index is 0. The molecule has 1 N–H and O–H groups in total. The first kappa shape index (κ1) is 26.4. The molecule has 0 saturated carbocycles. The van der Waals surface area contributed by atoms with Crippen LogP contribution in [0.25, 0.3) is 22.1 Å². The molecule has 0 unspecified atom stereocenters. The fourth-order valence-corrected chi connectivity index (χ4v) is 3.17. The first-order chi connectivity index (χ1) is 12.1. The maximum Gasteiger partial charge on any atom is 2.00 e. The molecule has 1 aliphatic carbocycles. The van der Waals surface area contributed by atoms with E-state index < -0.39 is 0 Å². The van der Waals surface area contributed by atoms with E-state index in [1.807, 2.05) is 18.2 Å². The van der Waals surface area contributed by atoms with Gasteiger partial charge in [0.15, 0.2) is 0 Å². The minimum absolute atomic E-state index is 0. The number of allylic oxidation sites excluding steroid dienone is 4. The van der Waals surface area contributed by atoms with Gasteiger partial charge in [0.25, 0.3) is 0 Å². The van der Waals surface area contributed by atoms with Crippen LogP contribution < -0.4 is 0 Å². The first-order valence-corrected chi connectivity index (χ1v) is 8.55. The Labute approximate surface area is 195 Å². The van der Waals surface area contributed by atoms with E-state index in [1.54, 1.807) is 12.1 Å². The van der Waals surface area contributed by atoms with E-state index in [0.717, 1.165) is 12.0 Å². The summed E-state index contributed by atoms with van der Waals surface area (Å²) in [6, 6.07) is 22.0. The predicted molar refractivity (Wildman–Crippen MR) is 124 cm³/mol. The normalized spacial score (nSPS) is 12.0. The van der Waals surface area contributed by atoms with E-state index in [-0.39, 0.29) is 46.5 Å². The van der Waals surface area contributed by atoms with Gasteiger partial charge in [-0.1, -0.05) is 82.8 Å². The summed E-state index contributed by atoms with van der Waals surface area (Å²) in [7, 11) is 0. The summed E-state index contributed by atoms with van der Waals surface area (Å²) in [4.78, 5) is 0. The quantitative estimate of drug-likeness (QED) is 0.265. The van der Waals surface area contributed by atoms with Crippen molar-refractivity contribution in [3.63, 3.8) is 0 Å². The Bertz CT molecular complexity index is 963. The van der Waals surface area contributed by atoms with Gasteiger partial charge in [-0.05, 0) is 20.3 Å². The zero-order chi connectivity index (χ0) is 17.8. The molecule has 0 radical (unpaired) electrons. The molecule has 1 aliphatic rings. The van der Waals surface area contributed by atoms with Crippen LogP contribution in [0.4, 0.5) is 5.69 Å². The largest absolute Gasteiger partial charge is 2.00 e. The molecule has 1 nitrogen and oxygen atoms in total. The Hall–Kier alpha value is -1.64. The number of halogens is 2. The van der Waals surface area contributed by atoms with E-state index in [0.29, 0.717) is 5.69 Å². The second-order valence-corrected chi connectivity index (χ2v) is 6.37. The molecule has 0 fully saturated rings. The van der Waals surface area contributed by atoms with E-state index >= 15 is 0 Å². The number of benzene rings is 3. The summed E-state index contributed by atoms with van der Waals surface area (Å²) in [5.41, 5.74) is 14.3. The smallest absolute Gasteiger partial charge is 0.699 e. The number of hydrogen-bond donors (Lipinski definition) is 0. The Kier molecular flexibility index (Phi) is 11.3. The van der Waals surface area contributed by atoms with Gasteiger partial charge in [-0.15, -0.1) is 53.6 Å². The zero-order valence-electron chi connectivity index (χ0n) is 16.2. The fraction of sp³-hybridized carbons (Fsp3) is 0.125. The fourth-order valence-electron chi connectivity index (χ4n) is 3.17. The van der Waals surface area contributed by atoms with Gasteiger partial charge in [0, 0.05) is 0 Å². The van der Waals surface area contributed by atoms with Crippen molar-refractivity contribution in [3.8, 4) is 0 Å². The van der Waals surface area contributed by atoms with Crippen molar-refractivity contribution in [2.24, 2.45) is 0 Å². The Morgan fingerprint density at radius 1 is 0.821 bits per heavy atom. The van der Waals surface area contributed by atoms with Crippen molar-refractivity contribution < 1.29 is 21.7 Å². The molecule has 3 aromatic rings. The van der Waals surface area contributed by atoms with E-state index in [1.165, 1.54) is 33.1 Å². The Balaban J connectivity index is 0.000000630. The number of fused-ring (bicyclic) bond motifs is 1. The van der Waals surface area contributed by atoms with E-state index in [4.69, 9.17) is 5.73 Å². The monoisotopic (exact) mass is 445 g/mol. The molecule has 0 atom stereocenters. The SMILES string of the molecule is Cl.Cl.[CH2-]c1c(C2=C(C)C(C)=CC2)ccc2ccccc12.[NH-]c1ccccc1.[Ti+2]. The summed E-state index contributed by atoms with van der Waals surface area (Å²) in [5, 5.41) is 2.53. The van der Waals surface area contributed by atoms with Gasteiger partial charge in [0.1, 0.15) is 0 Å². The van der Waals surface area contributed by atoms with Gasteiger partial charge in [-0.3, -0.25) is 0 Å². The average molecular weight is 446 g/mol. The maximum atomic E-state index is 7.00. The molecule has 0 bridgehead atoms. The third kappa shape index (κ3) is 5.93. The Morgan fingerprint density at radius 2 is 1.43 bits per heavy atom. The molecule has 0 aliphatic heterocycles. The first-order valence-electron chi connectivity index (χ1n) is 8.55. The number of rotatable bonds is 1. The molecular weight excluding hydrogens is 421 g/mol. The van der Waals surface area contributed by atoms with Crippen LogP contribution in [-0.4, -0.2) is 0 Å².